The maximum absolute atomic E-state index is 13.0. The highest BCUT2D eigenvalue weighted by atomic mass is 19.1. The van der Waals surface area contributed by atoms with Crippen LogP contribution in [0.15, 0.2) is 72.8 Å². The average Bonchev–Trinajstić information content (AvgIpc) is 2.67. The number of halogens is 1. The smallest absolute Gasteiger partial charge is 0.255 e. The van der Waals surface area contributed by atoms with Crippen LogP contribution in [0, 0.1) is 5.82 Å². The minimum Gasteiger partial charge on any atom is -0.489 e. The van der Waals surface area contributed by atoms with Gasteiger partial charge in [-0.1, -0.05) is 24.3 Å². The van der Waals surface area contributed by atoms with Gasteiger partial charge in [0.05, 0.1) is 0 Å². The largest absolute Gasteiger partial charge is 0.489 e. The fraction of sp³-hybridized carbons (Fsp3) is 0.0909. The Labute approximate surface area is 162 Å². The molecule has 0 unspecified atom stereocenters. The van der Waals surface area contributed by atoms with Gasteiger partial charge in [-0.25, -0.2) is 4.39 Å². The van der Waals surface area contributed by atoms with Crippen molar-refractivity contribution >= 4 is 23.2 Å². The van der Waals surface area contributed by atoms with Crippen LogP contribution in [0.1, 0.15) is 22.8 Å². The Morgan fingerprint density at radius 2 is 1.57 bits per heavy atom. The molecule has 2 amide bonds. The predicted molar refractivity (Wildman–Crippen MR) is 106 cm³/mol. The van der Waals surface area contributed by atoms with Crippen LogP contribution in [0.3, 0.4) is 0 Å². The quantitative estimate of drug-likeness (QED) is 0.658. The van der Waals surface area contributed by atoms with Crippen molar-refractivity contribution in [1.29, 1.82) is 0 Å². The molecule has 0 saturated carbocycles. The van der Waals surface area contributed by atoms with Gasteiger partial charge in [0.1, 0.15) is 18.2 Å². The SMILES string of the molecule is CC(=O)Nc1cccc(NC(=O)c2cccc(OCc3ccc(F)cc3)c2)c1. The summed E-state index contributed by atoms with van der Waals surface area (Å²) in [6.45, 7) is 1.69. The highest BCUT2D eigenvalue weighted by Gasteiger charge is 2.08. The topological polar surface area (TPSA) is 67.4 Å². The van der Waals surface area contributed by atoms with Gasteiger partial charge in [-0.15, -0.1) is 0 Å². The van der Waals surface area contributed by atoms with Crippen molar-refractivity contribution in [2.24, 2.45) is 0 Å². The lowest BCUT2D eigenvalue weighted by molar-refractivity contribution is -0.114. The summed E-state index contributed by atoms with van der Waals surface area (Å²) in [6.07, 6.45) is 0. The lowest BCUT2D eigenvalue weighted by atomic mass is 10.2. The maximum Gasteiger partial charge on any atom is 0.255 e. The first-order valence-electron chi connectivity index (χ1n) is 8.66. The molecular formula is C22H19FN2O3. The van der Waals surface area contributed by atoms with Crippen molar-refractivity contribution in [2.45, 2.75) is 13.5 Å². The number of hydrogen-bond donors (Lipinski definition) is 2. The van der Waals surface area contributed by atoms with E-state index < -0.39 is 0 Å². The summed E-state index contributed by atoms with van der Waals surface area (Å²) in [5.74, 6) is -0.254. The molecule has 0 aliphatic carbocycles. The van der Waals surface area contributed by atoms with Crippen LogP contribution < -0.4 is 15.4 Å². The number of anilines is 2. The minimum absolute atomic E-state index is 0.186. The van der Waals surface area contributed by atoms with Gasteiger partial charge < -0.3 is 15.4 Å². The van der Waals surface area contributed by atoms with E-state index in [2.05, 4.69) is 10.6 Å². The molecule has 0 bridgehead atoms. The molecule has 0 saturated heterocycles. The molecule has 0 aromatic heterocycles. The number of benzene rings is 3. The second-order valence-electron chi connectivity index (χ2n) is 6.16. The highest BCUT2D eigenvalue weighted by molar-refractivity contribution is 6.04. The van der Waals surface area contributed by atoms with E-state index in [9.17, 15) is 14.0 Å². The van der Waals surface area contributed by atoms with E-state index in [0.717, 1.165) is 5.56 Å². The molecule has 0 spiro atoms. The normalized spacial score (nSPS) is 10.2. The Balaban J connectivity index is 1.65. The van der Waals surface area contributed by atoms with Crippen molar-refractivity contribution in [2.75, 3.05) is 10.6 Å². The standard InChI is InChI=1S/C22H19FN2O3/c1-15(26)24-19-5-3-6-20(13-19)25-22(27)17-4-2-7-21(12-17)28-14-16-8-10-18(23)11-9-16/h2-13H,14H2,1H3,(H,24,26)(H,25,27). The van der Waals surface area contributed by atoms with Gasteiger partial charge in [0.2, 0.25) is 5.91 Å². The van der Waals surface area contributed by atoms with Gasteiger partial charge in [-0.2, -0.15) is 0 Å². The van der Waals surface area contributed by atoms with E-state index in [1.807, 2.05) is 0 Å². The van der Waals surface area contributed by atoms with Crippen LogP contribution in [0.2, 0.25) is 0 Å². The van der Waals surface area contributed by atoms with Gasteiger partial charge in [0.25, 0.3) is 5.91 Å². The zero-order chi connectivity index (χ0) is 19.9. The molecule has 28 heavy (non-hydrogen) atoms. The maximum atomic E-state index is 13.0. The zero-order valence-electron chi connectivity index (χ0n) is 15.2. The second-order valence-corrected chi connectivity index (χ2v) is 6.16. The molecule has 3 aromatic rings. The molecule has 0 atom stereocenters. The third-order valence-electron chi connectivity index (χ3n) is 3.86. The van der Waals surface area contributed by atoms with Crippen molar-refractivity contribution in [1.82, 2.24) is 0 Å². The van der Waals surface area contributed by atoms with Crippen molar-refractivity contribution in [3.8, 4) is 5.75 Å². The zero-order valence-corrected chi connectivity index (χ0v) is 15.2. The summed E-state index contributed by atoms with van der Waals surface area (Å²) in [7, 11) is 0. The van der Waals surface area contributed by atoms with E-state index in [1.165, 1.54) is 19.1 Å². The molecule has 3 aromatic carbocycles. The molecule has 5 nitrogen and oxygen atoms in total. The summed E-state index contributed by atoms with van der Waals surface area (Å²) in [5, 5.41) is 5.46. The predicted octanol–water partition coefficient (Wildman–Crippen LogP) is 4.62. The third kappa shape index (κ3) is 5.41. The summed E-state index contributed by atoms with van der Waals surface area (Å²) in [6, 6.07) is 19.7. The minimum atomic E-state index is -0.301. The van der Waals surface area contributed by atoms with E-state index in [4.69, 9.17) is 4.74 Å². The van der Waals surface area contributed by atoms with Crippen LogP contribution in [-0.2, 0) is 11.4 Å². The van der Waals surface area contributed by atoms with Crippen molar-refractivity contribution in [3.63, 3.8) is 0 Å². The van der Waals surface area contributed by atoms with Crippen LogP contribution in [0.4, 0.5) is 15.8 Å². The number of carbonyl (C=O) groups excluding carboxylic acids is 2. The number of rotatable bonds is 6. The van der Waals surface area contributed by atoms with Gasteiger partial charge in [-0.3, -0.25) is 9.59 Å². The second kappa shape index (κ2) is 8.81. The molecule has 0 aliphatic rings. The Morgan fingerprint density at radius 1 is 0.893 bits per heavy atom. The Morgan fingerprint density at radius 3 is 2.29 bits per heavy atom. The Bertz CT molecular complexity index is 987. The van der Waals surface area contributed by atoms with Crippen LogP contribution in [-0.4, -0.2) is 11.8 Å². The lowest BCUT2D eigenvalue weighted by Gasteiger charge is -2.10. The van der Waals surface area contributed by atoms with E-state index in [-0.39, 0.29) is 24.2 Å². The molecule has 0 radical (unpaired) electrons. The van der Waals surface area contributed by atoms with Gasteiger partial charge in [-0.05, 0) is 54.1 Å². The molecule has 0 aliphatic heterocycles. The van der Waals surface area contributed by atoms with Gasteiger partial charge in [0.15, 0.2) is 0 Å². The van der Waals surface area contributed by atoms with Crippen molar-refractivity contribution < 1.29 is 18.7 Å². The average molecular weight is 378 g/mol. The molecule has 3 rings (SSSR count). The summed E-state index contributed by atoms with van der Waals surface area (Å²) in [4.78, 5) is 23.7. The monoisotopic (exact) mass is 378 g/mol. The molecule has 0 fully saturated rings. The Hall–Kier alpha value is -3.67. The highest BCUT2D eigenvalue weighted by Crippen LogP contribution is 2.19. The third-order valence-corrected chi connectivity index (χ3v) is 3.86. The first-order valence-corrected chi connectivity index (χ1v) is 8.66. The summed E-state index contributed by atoms with van der Waals surface area (Å²) in [5.41, 5.74) is 2.42. The molecule has 0 heterocycles. The first-order chi connectivity index (χ1) is 13.5. The van der Waals surface area contributed by atoms with E-state index >= 15 is 0 Å². The van der Waals surface area contributed by atoms with Gasteiger partial charge in [0, 0.05) is 23.9 Å². The van der Waals surface area contributed by atoms with Crippen LogP contribution >= 0.6 is 0 Å². The lowest BCUT2D eigenvalue weighted by Crippen LogP contribution is -2.12. The molecular weight excluding hydrogens is 359 g/mol. The molecule has 142 valence electrons. The van der Waals surface area contributed by atoms with Gasteiger partial charge >= 0.3 is 0 Å². The fourth-order valence-corrected chi connectivity index (χ4v) is 2.56. The molecule has 2 N–H and O–H groups in total. The summed E-state index contributed by atoms with van der Waals surface area (Å²) >= 11 is 0. The fourth-order valence-electron chi connectivity index (χ4n) is 2.56. The first kappa shape index (κ1) is 19.1. The Kier molecular flexibility index (Phi) is 6.01. The number of nitrogens with one attached hydrogen (secondary N) is 2. The van der Waals surface area contributed by atoms with Crippen molar-refractivity contribution in [3.05, 3.63) is 89.7 Å². The number of ether oxygens (including phenoxy) is 1. The molecule has 6 heteroatoms. The van der Waals surface area contributed by atoms with E-state index in [0.29, 0.717) is 22.7 Å². The van der Waals surface area contributed by atoms with Crippen LogP contribution in [0.25, 0.3) is 0 Å². The summed E-state index contributed by atoms with van der Waals surface area (Å²) < 4.78 is 18.6. The number of hydrogen-bond acceptors (Lipinski definition) is 3. The van der Waals surface area contributed by atoms with E-state index in [1.54, 1.807) is 60.7 Å². The van der Waals surface area contributed by atoms with Crippen LogP contribution in [0.5, 0.6) is 5.75 Å². The number of carbonyl (C=O) groups is 2. The number of amides is 2.